The summed E-state index contributed by atoms with van der Waals surface area (Å²) in [7, 11) is 1.60. The van der Waals surface area contributed by atoms with Crippen LogP contribution in [-0.4, -0.2) is 18.2 Å². The standard InChI is InChI=1S/C24H18BrFN2O3S/c1-30-19-9-7-18(8-10-19)27-24-28-23(29)22(32-24)13-16-12-17(25)6-11-21(16)31-14-15-4-2-3-5-20(15)26/h2-13H,14H2,1H3,(H,27,28,29)/b22-13+. The fourth-order valence-electron chi connectivity index (χ4n) is 2.93. The van der Waals surface area contributed by atoms with Gasteiger partial charge in [0.2, 0.25) is 0 Å². The number of amidine groups is 1. The average Bonchev–Trinajstić information content (AvgIpc) is 3.13. The Morgan fingerprint density at radius 3 is 2.66 bits per heavy atom. The first-order chi connectivity index (χ1) is 15.5. The number of carbonyl (C=O) groups is 1. The highest BCUT2D eigenvalue weighted by Gasteiger charge is 2.24. The summed E-state index contributed by atoms with van der Waals surface area (Å²) in [6.45, 7) is 0.0774. The second kappa shape index (κ2) is 10.0. The maximum absolute atomic E-state index is 13.9. The van der Waals surface area contributed by atoms with Crippen molar-refractivity contribution in [3.05, 3.63) is 93.1 Å². The van der Waals surface area contributed by atoms with Gasteiger partial charge >= 0.3 is 0 Å². The van der Waals surface area contributed by atoms with Gasteiger partial charge in [-0.25, -0.2) is 9.38 Å². The lowest BCUT2D eigenvalue weighted by Gasteiger charge is -2.11. The molecule has 0 unspecified atom stereocenters. The van der Waals surface area contributed by atoms with Crippen LogP contribution in [0.1, 0.15) is 11.1 Å². The minimum Gasteiger partial charge on any atom is -0.497 e. The highest BCUT2D eigenvalue weighted by atomic mass is 79.9. The molecule has 0 saturated carbocycles. The Kier molecular flexibility index (Phi) is 6.92. The van der Waals surface area contributed by atoms with Gasteiger partial charge in [0.1, 0.15) is 23.9 Å². The molecule has 3 aromatic carbocycles. The lowest BCUT2D eigenvalue weighted by molar-refractivity contribution is -0.115. The van der Waals surface area contributed by atoms with E-state index in [1.807, 2.05) is 24.3 Å². The molecule has 1 aliphatic rings. The average molecular weight is 513 g/mol. The molecule has 1 fully saturated rings. The number of benzene rings is 3. The Balaban J connectivity index is 1.55. The van der Waals surface area contributed by atoms with E-state index >= 15 is 0 Å². The number of aliphatic imine (C=N–C) groups is 1. The molecule has 1 amide bonds. The molecule has 0 aliphatic carbocycles. The van der Waals surface area contributed by atoms with Crippen LogP contribution in [0.2, 0.25) is 0 Å². The number of hydrogen-bond acceptors (Lipinski definition) is 5. The van der Waals surface area contributed by atoms with Crippen LogP contribution in [0.5, 0.6) is 11.5 Å². The molecule has 1 aliphatic heterocycles. The summed E-state index contributed by atoms with van der Waals surface area (Å²) in [4.78, 5) is 17.4. The Hall–Kier alpha value is -3.10. The molecule has 0 aromatic heterocycles. The van der Waals surface area contributed by atoms with E-state index in [9.17, 15) is 9.18 Å². The number of ether oxygens (including phenoxy) is 2. The van der Waals surface area contributed by atoms with Crippen LogP contribution in [0, 0.1) is 5.82 Å². The van der Waals surface area contributed by atoms with Crippen molar-refractivity contribution in [2.75, 3.05) is 7.11 Å². The Bertz CT molecular complexity index is 1210. The molecule has 0 spiro atoms. The second-order valence-corrected chi connectivity index (χ2v) is 8.69. The number of amides is 1. The van der Waals surface area contributed by atoms with Gasteiger partial charge in [-0.3, -0.25) is 4.79 Å². The highest BCUT2D eigenvalue weighted by Crippen LogP contribution is 2.32. The predicted octanol–water partition coefficient (Wildman–Crippen LogP) is 6.07. The molecule has 0 radical (unpaired) electrons. The number of hydrogen-bond donors (Lipinski definition) is 1. The molecule has 0 atom stereocenters. The zero-order valence-corrected chi connectivity index (χ0v) is 19.4. The van der Waals surface area contributed by atoms with Crippen LogP contribution in [-0.2, 0) is 11.4 Å². The Labute approximate surface area is 197 Å². The van der Waals surface area contributed by atoms with E-state index in [4.69, 9.17) is 9.47 Å². The largest absolute Gasteiger partial charge is 0.497 e. The third-order valence-corrected chi connectivity index (χ3v) is 5.96. The van der Waals surface area contributed by atoms with E-state index in [-0.39, 0.29) is 18.3 Å². The summed E-state index contributed by atoms with van der Waals surface area (Å²) >= 11 is 4.69. The fourth-order valence-corrected chi connectivity index (χ4v) is 4.14. The fraction of sp³-hybridized carbons (Fsp3) is 0.0833. The van der Waals surface area contributed by atoms with Crippen LogP contribution >= 0.6 is 27.7 Å². The third-order valence-electron chi connectivity index (χ3n) is 4.55. The minimum absolute atomic E-state index is 0.0774. The first-order valence-corrected chi connectivity index (χ1v) is 11.2. The van der Waals surface area contributed by atoms with Crippen molar-refractivity contribution >= 4 is 50.5 Å². The topological polar surface area (TPSA) is 59.9 Å². The van der Waals surface area contributed by atoms with Crippen molar-refractivity contribution < 1.29 is 18.7 Å². The smallest absolute Gasteiger partial charge is 0.264 e. The summed E-state index contributed by atoms with van der Waals surface area (Å²) in [5.41, 5.74) is 1.85. The van der Waals surface area contributed by atoms with Crippen molar-refractivity contribution in [2.24, 2.45) is 4.99 Å². The first kappa shape index (κ1) is 22.1. The number of thioether (sulfide) groups is 1. The highest BCUT2D eigenvalue weighted by molar-refractivity contribution is 9.10. The Morgan fingerprint density at radius 2 is 1.91 bits per heavy atom. The molecule has 5 nitrogen and oxygen atoms in total. The van der Waals surface area contributed by atoms with Gasteiger partial charge in [-0.15, -0.1) is 0 Å². The van der Waals surface area contributed by atoms with Gasteiger partial charge < -0.3 is 14.8 Å². The van der Waals surface area contributed by atoms with Gasteiger partial charge in [-0.1, -0.05) is 34.1 Å². The maximum Gasteiger partial charge on any atom is 0.264 e. The quantitative estimate of drug-likeness (QED) is 0.407. The lowest BCUT2D eigenvalue weighted by atomic mass is 10.1. The van der Waals surface area contributed by atoms with Gasteiger partial charge in [0, 0.05) is 15.6 Å². The van der Waals surface area contributed by atoms with Crippen LogP contribution in [0.3, 0.4) is 0 Å². The number of halogens is 2. The molecule has 32 heavy (non-hydrogen) atoms. The second-order valence-electron chi connectivity index (χ2n) is 6.74. The molecular weight excluding hydrogens is 495 g/mol. The van der Waals surface area contributed by atoms with Crippen molar-refractivity contribution in [3.8, 4) is 11.5 Å². The molecular formula is C24H18BrFN2O3S. The van der Waals surface area contributed by atoms with Gasteiger partial charge in [-0.2, -0.15) is 0 Å². The predicted molar refractivity (Wildman–Crippen MR) is 129 cm³/mol. The molecule has 1 N–H and O–H groups in total. The van der Waals surface area contributed by atoms with Gasteiger partial charge in [-0.05, 0) is 66.4 Å². The van der Waals surface area contributed by atoms with E-state index in [1.54, 1.807) is 49.6 Å². The molecule has 1 heterocycles. The molecule has 1 saturated heterocycles. The van der Waals surface area contributed by atoms with Gasteiger partial charge in [0.25, 0.3) is 5.91 Å². The SMILES string of the molecule is COc1ccc(N=C2NC(=O)/C(=C\c3cc(Br)ccc3OCc3ccccc3F)S2)cc1. The number of methoxy groups -OCH3 is 1. The van der Waals surface area contributed by atoms with Crippen LogP contribution in [0.4, 0.5) is 10.1 Å². The molecule has 0 bridgehead atoms. The molecule has 162 valence electrons. The summed E-state index contributed by atoms with van der Waals surface area (Å²) in [5.74, 6) is 0.699. The van der Waals surface area contributed by atoms with E-state index in [0.717, 1.165) is 10.2 Å². The van der Waals surface area contributed by atoms with Crippen molar-refractivity contribution in [1.29, 1.82) is 0 Å². The van der Waals surface area contributed by atoms with Gasteiger partial charge in [0.15, 0.2) is 5.17 Å². The van der Waals surface area contributed by atoms with E-state index in [2.05, 4.69) is 26.2 Å². The van der Waals surface area contributed by atoms with Crippen molar-refractivity contribution in [3.63, 3.8) is 0 Å². The van der Waals surface area contributed by atoms with Crippen molar-refractivity contribution in [1.82, 2.24) is 5.32 Å². The third kappa shape index (κ3) is 5.38. The van der Waals surface area contributed by atoms with Crippen molar-refractivity contribution in [2.45, 2.75) is 6.61 Å². The van der Waals surface area contributed by atoms with Crippen LogP contribution < -0.4 is 14.8 Å². The van der Waals surface area contributed by atoms with E-state index in [0.29, 0.717) is 32.6 Å². The molecule has 3 aromatic rings. The molecule has 8 heteroatoms. The maximum atomic E-state index is 13.9. The summed E-state index contributed by atoms with van der Waals surface area (Å²) in [6, 6.07) is 19.1. The zero-order chi connectivity index (χ0) is 22.5. The summed E-state index contributed by atoms with van der Waals surface area (Å²) in [5, 5.41) is 3.25. The molecule has 4 rings (SSSR count). The lowest BCUT2D eigenvalue weighted by Crippen LogP contribution is -2.19. The van der Waals surface area contributed by atoms with Gasteiger partial charge in [0.05, 0.1) is 17.7 Å². The number of nitrogens with zero attached hydrogens (tertiary/aromatic N) is 1. The van der Waals surface area contributed by atoms with E-state index < -0.39 is 0 Å². The van der Waals surface area contributed by atoms with Crippen LogP contribution in [0.25, 0.3) is 6.08 Å². The minimum atomic E-state index is -0.324. The zero-order valence-electron chi connectivity index (χ0n) is 17.0. The number of rotatable bonds is 6. The Morgan fingerprint density at radius 1 is 1.12 bits per heavy atom. The summed E-state index contributed by atoms with van der Waals surface area (Å²) in [6.07, 6.45) is 1.73. The number of carbonyl (C=O) groups excluding carboxylic acids is 1. The monoisotopic (exact) mass is 512 g/mol. The van der Waals surface area contributed by atoms with E-state index in [1.165, 1.54) is 17.8 Å². The van der Waals surface area contributed by atoms with Crippen LogP contribution in [0.15, 0.2) is 81.1 Å². The summed E-state index contributed by atoms with van der Waals surface area (Å²) < 4.78 is 25.8. The first-order valence-electron chi connectivity index (χ1n) is 9.61. The normalized spacial score (nSPS) is 15.8. The number of nitrogens with one attached hydrogen (secondary N) is 1.